The van der Waals surface area contributed by atoms with Crippen LogP contribution in [0.25, 0.3) is 0 Å². The Kier molecular flexibility index (Phi) is 6.45. The second-order valence-corrected chi connectivity index (χ2v) is 9.57. The average molecular weight is 446 g/mol. The number of carbonyl (C=O) groups excluding carboxylic acids is 1. The Morgan fingerprint density at radius 2 is 1.71 bits per heavy atom. The number of ether oxygens (including phenoxy) is 1. The number of piperazine rings is 1. The van der Waals surface area contributed by atoms with E-state index in [4.69, 9.17) is 4.74 Å². The lowest BCUT2D eigenvalue weighted by atomic mass is 10.1. The number of anilines is 1. The molecule has 2 aromatic carbocycles. The summed E-state index contributed by atoms with van der Waals surface area (Å²) in [6, 6.07) is 13.1. The van der Waals surface area contributed by atoms with E-state index in [1.165, 1.54) is 12.1 Å². The predicted octanol–water partition coefficient (Wildman–Crippen LogP) is 1.81. The molecule has 31 heavy (non-hydrogen) atoms. The van der Waals surface area contributed by atoms with Crippen molar-refractivity contribution in [1.29, 1.82) is 0 Å². The number of aromatic hydroxyl groups is 1. The zero-order chi connectivity index (χ0) is 21.8. The third kappa shape index (κ3) is 5.17. The van der Waals surface area contributed by atoms with Gasteiger partial charge in [0.25, 0.3) is 5.91 Å². The fourth-order valence-corrected chi connectivity index (χ4v) is 4.95. The summed E-state index contributed by atoms with van der Waals surface area (Å²) in [5, 5.41) is 9.43. The Balaban J connectivity index is 1.33. The molecular weight excluding hydrogens is 418 g/mol. The number of rotatable bonds is 6. The van der Waals surface area contributed by atoms with Gasteiger partial charge in [-0.25, -0.2) is 13.1 Å². The van der Waals surface area contributed by atoms with E-state index < -0.39 is 10.0 Å². The van der Waals surface area contributed by atoms with E-state index in [1.807, 2.05) is 12.1 Å². The quantitative estimate of drug-likeness (QED) is 0.704. The summed E-state index contributed by atoms with van der Waals surface area (Å²) >= 11 is 0. The highest BCUT2D eigenvalue weighted by molar-refractivity contribution is 7.89. The molecule has 2 fully saturated rings. The van der Waals surface area contributed by atoms with Crippen molar-refractivity contribution in [3.8, 4) is 5.75 Å². The van der Waals surface area contributed by atoms with Crippen molar-refractivity contribution < 1.29 is 23.1 Å². The monoisotopic (exact) mass is 445 g/mol. The summed E-state index contributed by atoms with van der Waals surface area (Å²) < 4.78 is 33.0. The summed E-state index contributed by atoms with van der Waals surface area (Å²) in [6.45, 7) is 3.46. The first-order valence-corrected chi connectivity index (χ1v) is 12.0. The standard InChI is InChI=1S/C22H27N3O5S/c26-19-7-5-18(6-8-19)24-11-13-25(14-12-24)22(27)17-3-9-21(10-4-17)31(28,29)23-16-20-2-1-15-30-20/h3-10,20,23,26H,1-2,11-16H2. The summed E-state index contributed by atoms with van der Waals surface area (Å²) in [7, 11) is -3.64. The van der Waals surface area contributed by atoms with Crippen molar-refractivity contribution in [1.82, 2.24) is 9.62 Å². The second kappa shape index (κ2) is 9.25. The van der Waals surface area contributed by atoms with Gasteiger partial charge in [0.2, 0.25) is 10.0 Å². The molecule has 2 saturated heterocycles. The molecule has 1 atom stereocenters. The van der Waals surface area contributed by atoms with Crippen LogP contribution >= 0.6 is 0 Å². The summed E-state index contributed by atoms with van der Waals surface area (Å²) in [6.07, 6.45) is 1.73. The maximum Gasteiger partial charge on any atom is 0.253 e. The molecule has 1 amide bonds. The molecule has 2 aliphatic rings. The number of hydrogen-bond donors (Lipinski definition) is 2. The molecule has 8 nitrogen and oxygen atoms in total. The van der Waals surface area contributed by atoms with Gasteiger partial charge >= 0.3 is 0 Å². The lowest BCUT2D eigenvalue weighted by Gasteiger charge is -2.36. The summed E-state index contributed by atoms with van der Waals surface area (Å²) in [4.78, 5) is 16.9. The number of amides is 1. The van der Waals surface area contributed by atoms with Gasteiger partial charge in [0, 0.05) is 50.6 Å². The average Bonchev–Trinajstić information content (AvgIpc) is 3.32. The minimum absolute atomic E-state index is 0.0733. The van der Waals surface area contributed by atoms with Gasteiger partial charge in [-0.2, -0.15) is 0 Å². The topological polar surface area (TPSA) is 99.2 Å². The summed E-state index contributed by atoms with van der Waals surface area (Å²) in [5.41, 5.74) is 1.48. The molecule has 0 bridgehead atoms. The molecule has 2 aliphatic heterocycles. The van der Waals surface area contributed by atoms with Crippen molar-refractivity contribution in [2.24, 2.45) is 0 Å². The van der Waals surface area contributed by atoms with Crippen LogP contribution in [0.4, 0.5) is 5.69 Å². The zero-order valence-corrected chi connectivity index (χ0v) is 18.1. The van der Waals surface area contributed by atoms with Gasteiger partial charge < -0.3 is 19.6 Å². The van der Waals surface area contributed by atoms with Crippen LogP contribution in [0.15, 0.2) is 53.4 Å². The van der Waals surface area contributed by atoms with Gasteiger partial charge in [0.15, 0.2) is 0 Å². The highest BCUT2D eigenvalue weighted by Gasteiger charge is 2.24. The molecule has 166 valence electrons. The first kappa shape index (κ1) is 21.6. The molecule has 0 radical (unpaired) electrons. The van der Waals surface area contributed by atoms with Crippen LogP contribution in [0.5, 0.6) is 5.75 Å². The van der Waals surface area contributed by atoms with Crippen LogP contribution in [0.3, 0.4) is 0 Å². The van der Waals surface area contributed by atoms with E-state index in [0.29, 0.717) is 38.3 Å². The minimum Gasteiger partial charge on any atom is -0.508 e. The molecule has 0 aliphatic carbocycles. The van der Waals surface area contributed by atoms with E-state index in [2.05, 4.69) is 9.62 Å². The normalized spacial score (nSPS) is 19.5. The molecular formula is C22H27N3O5S. The third-order valence-electron chi connectivity index (χ3n) is 5.72. The van der Waals surface area contributed by atoms with E-state index in [9.17, 15) is 18.3 Å². The maximum absolute atomic E-state index is 12.8. The second-order valence-electron chi connectivity index (χ2n) is 7.81. The molecule has 2 heterocycles. The largest absolute Gasteiger partial charge is 0.508 e. The van der Waals surface area contributed by atoms with Gasteiger partial charge in [-0.3, -0.25) is 4.79 Å². The highest BCUT2D eigenvalue weighted by atomic mass is 32.2. The van der Waals surface area contributed by atoms with Crippen LogP contribution in [0.1, 0.15) is 23.2 Å². The van der Waals surface area contributed by atoms with Crippen molar-refractivity contribution in [3.05, 3.63) is 54.1 Å². The fraction of sp³-hybridized carbons (Fsp3) is 0.409. The van der Waals surface area contributed by atoms with Crippen molar-refractivity contribution in [2.45, 2.75) is 23.8 Å². The first-order chi connectivity index (χ1) is 14.9. The van der Waals surface area contributed by atoms with Gasteiger partial charge in [0.05, 0.1) is 11.0 Å². The number of phenols is 1. The van der Waals surface area contributed by atoms with Gasteiger partial charge in [-0.15, -0.1) is 0 Å². The lowest BCUT2D eigenvalue weighted by molar-refractivity contribution is 0.0746. The first-order valence-electron chi connectivity index (χ1n) is 10.5. The van der Waals surface area contributed by atoms with E-state index in [-0.39, 0.29) is 29.2 Å². The number of nitrogens with one attached hydrogen (secondary N) is 1. The van der Waals surface area contributed by atoms with E-state index in [0.717, 1.165) is 18.5 Å². The number of phenolic OH excluding ortho intramolecular Hbond substituents is 1. The molecule has 2 N–H and O–H groups in total. The Morgan fingerprint density at radius 3 is 2.32 bits per heavy atom. The minimum atomic E-state index is -3.64. The number of sulfonamides is 1. The number of carbonyl (C=O) groups is 1. The van der Waals surface area contributed by atoms with Crippen LogP contribution in [0.2, 0.25) is 0 Å². The smallest absolute Gasteiger partial charge is 0.253 e. The maximum atomic E-state index is 12.8. The van der Waals surface area contributed by atoms with Crippen LogP contribution in [-0.4, -0.2) is 69.8 Å². The molecule has 0 saturated carbocycles. The molecule has 0 spiro atoms. The highest BCUT2D eigenvalue weighted by Crippen LogP contribution is 2.21. The molecule has 1 unspecified atom stereocenters. The van der Waals surface area contributed by atoms with E-state index in [1.54, 1.807) is 29.2 Å². The van der Waals surface area contributed by atoms with Crippen molar-refractivity contribution in [2.75, 3.05) is 44.2 Å². The number of nitrogens with zero attached hydrogens (tertiary/aromatic N) is 2. The van der Waals surface area contributed by atoms with Gasteiger partial charge in [0.1, 0.15) is 5.75 Å². The molecule has 0 aromatic heterocycles. The summed E-state index contributed by atoms with van der Waals surface area (Å²) in [5.74, 6) is 0.117. The fourth-order valence-electron chi connectivity index (χ4n) is 3.88. The number of benzene rings is 2. The van der Waals surface area contributed by atoms with E-state index >= 15 is 0 Å². The molecule has 9 heteroatoms. The third-order valence-corrected chi connectivity index (χ3v) is 7.16. The van der Waals surface area contributed by atoms with Crippen LogP contribution < -0.4 is 9.62 Å². The zero-order valence-electron chi connectivity index (χ0n) is 17.2. The van der Waals surface area contributed by atoms with Crippen LogP contribution in [0, 0.1) is 0 Å². The molecule has 4 rings (SSSR count). The van der Waals surface area contributed by atoms with Gasteiger partial charge in [-0.05, 0) is 61.4 Å². The van der Waals surface area contributed by atoms with Crippen LogP contribution in [-0.2, 0) is 14.8 Å². The Hall–Kier alpha value is -2.62. The Morgan fingerprint density at radius 1 is 1.03 bits per heavy atom. The van der Waals surface area contributed by atoms with Crippen molar-refractivity contribution in [3.63, 3.8) is 0 Å². The van der Waals surface area contributed by atoms with Gasteiger partial charge in [-0.1, -0.05) is 0 Å². The lowest BCUT2D eigenvalue weighted by Crippen LogP contribution is -2.48. The SMILES string of the molecule is O=C(c1ccc(S(=O)(=O)NCC2CCCO2)cc1)N1CCN(c2ccc(O)cc2)CC1. The number of hydrogen-bond acceptors (Lipinski definition) is 6. The predicted molar refractivity (Wildman–Crippen MR) is 117 cm³/mol. The molecule has 2 aromatic rings. The van der Waals surface area contributed by atoms with Crippen molar-refractivity contribution >= 4 is 21.6 Å². The Bertz CT molecular complexity index is 994. The Labute approximate surface area is 182 Å².